The summed E-state index contributed by atoms with van der Waals surface area (Å²) in [5.74, 6) is -0.994. The minimum absolute atomic E-state index is 0.181. The molecule has 12 heavy (non-hydrogen) atoms. The van der Waals surface area contributed by atoms with Gasteiger partial charge >= 0.3 is 0 Å². The molecule has 4 N–H and O–H groups in total. The standard InChI is InChI=1S/C6H11ClO5/c7-6(12)5(11)4(10)3(9)1-2-8/h3,5-6,8-9,11-12H,1-2H2/t3-,5-,6?/m0/s1. The first kappa shape index (κ1) is 11.8. The van der Waals surface area contributed by atoms with Gasteiger partial charge in [-0.25, -0.2) is 0 Å². The van der Waals surface area contributed by atoms with Crippen molar-refractivity contribution in [3.63, 3.8) is 0 Å². The molecule has 0 heterocycles. The van der Waals surface area contributed by atoms with E-state index in [1.807, 2.05) is 0 Å². The average Bonchev–Trinajstić information content (AvgIpc) is 2.02. The summed E-state index contributed by atoms with van der Waals surface area (Å²) in [7, 11) is 0. The van der Waals surface area contributed by atoms with Crippen LogP contribution in [0.2, 0.25) is 0 Å². The predicted octanol–water partition coefficient (Wildman–Crippen LogP) is -1.78. The van der Waals surface area contributed by atoms with Crippen molar-refractivity contribution < 1.29 is 25.2 Å². The fourth-order valence-corrected chi connectivity index (χ4v) is 0.721. The van der Waals surface area contributed by atoms with Crippen molar-refractivity contribution in [3.05, 3.63) is 0 Å². The number of rotatable bonds is 5. The van der Waals surface area contributed by atoms with Gasteiger partial charge in [-0.05, 0) is 0 Å². The number of hydrogen-bond acceptors (Lipinski definition) is 5. The van der Waals surface area contributed by atoms with Crippen LogP contribution in [0.15, 0.2) is 0 Å². The highest BCUT2D eigenvalue weighted by atomic mass is 35.5. The van der Waals surface area contributed by atoms with E-state index in [9.17, 15) is 4.79 Å². The molecule has 0 saturated heterocycles. The number of aliphatic hydroxyl groups is 4. The molecule has 0 aromatic rings. The summed E-state index contributed by atoms with van der Waals surface area (Å²) in [6.45, 7) is -0.377. The van der Waals surface area contributed by atoms with E-state index in [4.69, 9.17) is 32.0 Å². The zero-order valence-electron chi connectivity index (χ0n) is 6.22. The summed E-state index contributed by atoms with van der Waals surface area (Å²) in [6.07, 6.45) is -3.48. The van der Waals surface area contributed by atoms with Crippen LogP contribution in [0, 0.1) is 0 Å². The van der Waals surface area contributed by atoms with E-state index in [1.165, 1.54) is 0 Å². The Kier molecular flexibility index (Phi) is 5.36. The molecular weight excluding hydrogens is 188 g/mol. The monoisotopic (exact) mass is 198 g/mol. The van der Waals surface area contributed by atoms with Crippen molar-refractivity contribution in [3.8, 4) is 0 Å². The number of ketones is 1. The van der Waals surface area contributed by atoms with E-state index in [2.05, 4.69) is 0 Å². The molecule has 0 aliphatic rings. The molecule has 3 atom stereocenters. The molecule has 0 saturated carbocycles. The van der Waals surface area contributed by atoms with E-state index in [0.29, 0.717) is 0 Å². The molecule has 0 fully saturated rings. The fraction of sp³-hybridized carbons (Fsp3) is 0.833. The van der Waals surface area contributed by atoms with Crippen molar-refractivity contribution in [2.24, 2.45) is 0 Å². The van der Waals surface area contributed by atoms with E-state index < -0.39 is 23.6 Å². The fourth-order valence-electron chi connectivity index (χ4n) is 0.597. The van der Waals surface area contributed by atoms with Gasteiger partial charge in [-0.3, -0.25) is 4.79 Å². The van der Waals surface area contributed by atoms with E-state index in [1.54, 1.807) is 0 Å². The molecule has 0 aromatic heterocycles. The first-order chi connectivity index (χ1) is 5.50. The van der Waals surface area contributed by atoms with Crippen LogP contribution < -0.4 is 0 Å². The Labute approximate surface area is 74.2 Å². The molecule has 72 valence electrons. The van der Waals surface area contributed by atoms with Gasteiger partial charge < -0.3 is 20.4 Å². The molecule has 0 aliphatic carbocycles. The third-order valence-corrected chi connectivity index (χ3v) is 1.52. The summed E-state index contributed by atoms with van der Waals surface area (Å²) in [4.78, 5) is 10.8. The van der Waals surface area contributed by atoms with Crippen LogP contribution in [-0.4, -0.2) is 50.6 Å². The summed E-state index contributed by atoms with van der Waals surface area (Å²) >= 11 is 4.98. The van der Waals surface area contributed by atoms with Crippen molar-refractivity contribution in [2.75, 3.05) is 6.61 Å². The van der Waals surface area contributed by atoms with Crippen molar-refractivity contribution in [2.45, 2.75) is 24.2 Å². The smallest absolute Gasteiger partial charge is 0.193 e. The lowest BCUT2D eigenvalue weighted by atomic mass is 10.1. The van der Waals surface area contributed by atoms with Gasteiger partial charge in [0.15, 0.2) is 17.5 Å². The summed E-state index contributed by atoms with van der Waals surface area (Å²) < 4.78 is 0. The number of halogens is 1. The van der Waals surface area contributed by atoms with Gasteiger partial charge in [0.1, 0.15) is 6.10 Å². The molecule has 5 nitrogen and oxygen atoms in total. The third-order valence-electron chi connectivity index (χ3n) is 1.28. The lowest BCUT2D eigenvalue weighted by molar-refractivity contribution is -0.139. The van der Waals surface area contributed by atoms with Gasteiger partial charge in [0, 0.05) is 13.0 Å². The minimum atomic E-state index is -1.81. The molecule has 0 spiro atoms. The Morgan fingerprint density at radius 2 is 1.83 bits per heavy atom. The largest absolute Gasteiger partial charge is 0.396 e. The molecule has 0 rings (SSSR count). The number of carbonyl (C=O) groups excluding carboxylic acids is 1. The Bertz CT molecular complexity index is 149. The summed E-state index contributed by atoms with van der Waals surface area (Å²) in [5.41, 5.74) is -1.73. The molecule has 0 aromatic carbocycles. The summed E-state index contributed by atoms with van der Waals surface area (Å²) in [5, 5.41) is 34.6. The second-order valence-electron chi connectivity index (χ2n) is 2.25. The normalized spacial score (nSPS) is 18.4. The molecule has 0 radical (unpaired) electrons. The van der Waals surface area contributed by atoms with Gasteiger partial charge in [-0.2, -0.15) is 0 Å². The van der Waals surface area contributed by atoms with Gasteiger partial charge in [-0.1, -0.05) is 11.6 Å². The number of alkyl halides is 1. The molecule has 1 unspecified atom stereocenters. The van der Waals surface area contributed by atoms with Crippen LogP contribution in [0.5, 0.6) is 0 Å². The topological polar surface area (TPSA) is 98.0 Å². The Hall–Kier alpha value is -0.200. The van der Waals surface area contributed by atoms with Crippen molar-refractivity contribution in [1.82, 2.24) is 0 Å². The Morgan fingerprint density at radius 1 is 1.33 bits per heavy atom. The van der Waals surface area contributed by atoms with Crippen LogP contribution in [0.25, 0.3) is 0 Å². The van der Waals surface area contributed by atoms with Crippen LogP contribution in [-0.2, 0) is 4.79 Å². The van der Waals surface area contributed by atoms with Gasteiger partial charge in [0.2, 0.25) is 0 Å². The van der Waals surface area contributed by atoms with E-state index in [0.717, 1.165) is 0 Å². The SMILES string of the molecule is O=C([C@@H](O)CCO)[C@H](O)C(O)Cl. The van der Waals surface area contributed by atoms with Gasteiger partial charge in [0.25, 0.3) is 0 Å². The second kappa shape index (κ2) is 5.45. The molecule has 0 bridgehead atoms. The van der Waals surface area contributed by atoms with Gasteiger partial charge in [-0.15, -0.1) is 0 Å². The van der Waals surface area contributed by atoms with Crippen LogP contribution in [0.4, 0.5) is 0 Å². The van der Waals surface area contributed by atoms with Crippen LogP contribution >= 0.6 is 11.6 Å². The highest BCUT2D eigenvalue weighted by Gasteiger charge is 2.27. The zero-order valence-corrected chi connectivity index (χ0v) is 6.98. The Morgan fingerprint density at radius 3 is 2.17 bits per heavy atom. The first-order valence-corrected chi connectivity index (χ1v) is 3.77. The quantitative estimate of drug-likeness (QED) is 0.392. The number of Topliss-reactive ketones (excluding diaryl/α,β-unsaturated/α-hetero) is 1. The molecule has 0 amide bonds. The zero-order chi connectivity index (χ0) is 9.72. The molecular formula is C6H11ClO5. The van der Waals surface area contributed by atoms with Crippen molar-refractivity contribution in [1.29, 1.82) is 0 Å². The average molecular weight is 199 g/mol. The van der Waals surface area contributed by atoms with E-state index >= 15 is 0 Å². The van der Waals surface area contributed by atoms with Crippen LogP contribution in [0.1, 0.15) is 6.42 Å². The molecule has 0 aliphatic heterocycles. The van der Waals surface area contributed by atoms with E-state index in [-0.39, 0.29) is 13.0 Å². The van der Waals surface area contributed by atoms with Crippen LogP contribution in [0.3, 0.4) is 0 Å². The maximum Gasteiger partial charge on any atom is 0.193 e. The number of aliphatic hydroxyl groups excluding tert-OH is 4. The first-order valence-electron chi connectivity index (χ1n) is 3.33. The Balaban J connectivity index is 4.00. The number of carbonyl (C=O) groups is 1. The summed E-state index contributed by atoms with van der Waals surface area (Å²) in [6, 6.07) is 0. The minimum Gasteiger partial charge on any atom is -0.396 e. The predicted molar refractivity (Wildman–Crippen MR) is 40.6 cm³/mol. The molecule has 6 heteroatoms. The van der Waals surface area contributed by atoms with Crippen molar-refractivity contribution >= 4 is 17.4 Å². The highest BCUT2D eigenvalue weighted by molar-refractivity contribution is 6.21. The highest BCUT2D eigenvalue weighted by Crippen LogP contribution is 2.04. The third kappa shape index (κ3) is 3.46. The van der Waals surface area contributed by atoms with Gasteiger partial charge in [0.05, 0.1) is 0 Å². The maximum atomic E-state index is 10.8. The second-order valence-corrected chi connectivity index (χ2v) is 2.70. The number of hydrogen-bond donors (Lipinski definition) is 4. The maximum absolute atomic E-state index is 10.8. The lowest BCUT2D eigenvalue weighted by Crippen LogP contribution is -2.38. The lowest BCUT2D eigenvalue weighted by Gasteiger charge is -2.14.